The van der Waals surface area contributed by atoms with Gasteiger partial charge in [0.15, 0.2) is 0 Å². The molecule has 0 unspecified atom stereocenters. The van der Waals surface area contributed by atoms with Crippen LogP contribution in [-0.2, 0) is 0 Å². The normalized spacial score (nSPS) is 10.5. The van der Waals surface area contributed by atoms with Gasteiger partial charge in [-0.2, -0.15) is 10.4 Å². The van der Waals surface area contributed by atoms with Crippen molar-refractivity contribution in [2.24, 2.45) is 0 Å². The molecule has 0 radical (unpaired) electrons. The van der Waals surface area contributed by atoms with Gasteiger partial charge < -0.3 is 0 Å². The Labute approximate surface area is 124 Å². The van der Waals surface area contributed by atoms with Crippen molar-refractivity contribution in [2.45, 2.75) is 13.8 Å². The van der Waals surface area contributed by atoms with Gasteiger partial charge in [0.05, 0.1) is 10.6 Å². The van der Waals surface area contributed by atoms with Gasteiger partial charge in [-0.25, -0.2) is 9.67 Å². The molecule has 1 N–H and O–H groups in total. The van der Waals surface area contributed by atoms with Gasteiger partial charge in [0, 0.05) is 5.69 Å². The van der Waals surface area contributed by atoms with Crippen LogP contribution in [0.15, 0.2) is 28.4 Å². The number of thiophene rings is 1. The van der Waals surface area contributed by atoms with Crippen LogP contribution in [0.2, 0.25) is 0 Å². The summed E-state index contributed by atoms with van der Waals surface area (Å²) in [5, 5.41) is 15.4. The van der Waals surface area contributed by atoms with Gasteiger partial charge in [-0.15, -0.1) is 11.3 Å². The van der Waals surface area contributed by atoms with Crippen LogP contribution in [0, 0.1) is 25.2 Å². The first-order chi connectivity index (χ1) is 10.1. The van der Waals surface area contributed by atoms with E-state index >= 15 is 0 Å². The van der Waals surface area contributed by atoms with Crippen molar-refractivity contribution in [3.05, 3.63) is 50.9 Å². The van der Waals surface area contributed by atoms with E-state index in [0.717, 1.165) is 16.3 Å². The number of H-pyrrole nitrogens is 1. The Kier molecular flexibility index (Phi) is 3.16. The molecule has 104 valence electrons. The lowest BCUT2D eigenvalue weighted by Crippen LogP contribution is -2.18. The summed E-state index contributed by atoms with van der Waals surface area (Å²) in [6.07, 6.45) is 0. The topological polar surface area (TPSA) is 87.4 Å². The fourth-order valence-electron chi connectivity index (χ4n) is 2.10. The van der Waals surface area contributed by atoms with E-state index in [1.807, 2.05) is 43.5 Å². The second-order valence-corrected chi connectivity index (χ2v) is 5.49. The van der Waals surface area contributed by atoms with Crippen LogP contribution < -0.4 is 5.56 Å². The maximum Gasteiger partial charge on any atom is 0.270 e. The highest BCUT2D eigenvalue weighted by Crippen LogP contribution is 2.24. The lowest BCUT2D eigenvalue weighted by atomic mass is 10.2. The van der Waals surface area contributed by atoms with Crippen molar-refractivity contribution in [1.82, 2.24) is 19.7 Å². The Morgan fingerprint density at radius 3 is 2.81 bits per heavy atom. The minimum absolute atomic E-state index is 0.0164. The molecule has 0 spiro atoms. The van der Waals surface area contributed by atoms with Gasteiger partial charge in [-0.3, -0.25) is 9.78 Å². The van der Waals surface area contributed by atoms with Crippen LogP contribution in [0.3, 0.4) is 0 Å². The summed E-state index contributed by atoms with van der Waals surface area (Å²) in [6, 6.07) is 7.50. The summed E-state index contributed by atoms with van der Waals surface area (Å²) in [6.45, 7) is 3.74. The molecule has 0 aromatic carbocycles. The first-order valence-corrected chi connectivity index (χ1v) is 7.10. The van der Waals surface area contributed by atoms with Crippen LogP contribution in [0.4, 0.5) is 0 Å². The number of nitrogens with one attached hydrogen (secondary N) is 1. The standard InChI is InChI=1S/C14H11N5OS/c1-8-6-9(2)19(18-8)14-16-12(11-4-3-5-21-11)10(7-15)13(20)17-14/h3-6H,1-2H3,(H,16,17,20). The van der Waals surface area contributed by atoms with Crippen LogP contribution in [0.25, 0.3) is 16.5 Å². The zero-order valence-corrected chi connectivity index (χ0v) is 12.2. The third-order valence-corrected chi connectivity index (χ3v) is 3.86. The summed E-state index contributed by atoms with van der Waals surface area (Å²) < 4.78 is 1.56. The van der Waals surface area contributed by atoms with Crippen molar-refractivity contribution in [3.8, 4) is 22.6 Å². The minimum Gasteiger partial charge on any atom is -0.290 e. The van der Waals surface area contributed by atoms with Crippen LogP contribution in [-0.4, -0.2) is 19.7 Å². The highest BCUT2D eigenvalue weighted by atomic mass is 32.1. The molecule has 0 bridgehead atoms. The van der Waals surface area contributed by atoms with Gasteiger partial charge in [-0.05, 0) is 31.4 Å². The molecule has 0 saturated carbocycles. The molecule has 3 aromatic rings. The first-order valence-electron chi connectivity index (χ1n) is 6.22. The zero-order chi connectivity index (χ0) is 15.0. The van der Waals surface area contributed by atoms with Crippen molar-refractivity contribution < 1.29 is 0 Å². The average Bonchev–Trinajstić information content (AvgIpc) is 3.07. The summed E-state index contributed by atoms with van der Waals surface area (Å²) in [5.74, 6) is 0.313. The third kappa shape index (κ3) is 2.26. The van der Waals surface area contributed by atoms with E-state index in [9.17, 15) is 10.1 Å². The van der Waals surface area contributed by atoms with Gasteiger partial charge in [0.2, 0.25) is 5.95 Å². The quantitative estimate of drug-likeness (QED) is 0.785. The molecule has 0 amide bonds. The number of aromatic amines is 1. The van der Waals surface area contributed by atoms with Gasteiger partial charge >= 0.3 is 0 Å². The number of nitriles is 1. The van der Waals surface area contributed by atoms with E-state index in [1.165, 1.54) is 11.3 Å². The Morgan fingerprint density at radius 1 is 1.43 bits per heavy atom. The van der Waals surface area contributed by atoms with E-state index in [2.05, 4.69) is 15.1 Å². The number of aromatic nitrogens is 4. The Balaban J connectivity index is 2.28. The average molecular weight is 297 g/mol. The Bertz CT molecular complexity index is 899. The summed E-state index contributed by atoms with van der Waals surface area (Å²) in [7, 11) is 0. The van der Waals surface area contributed by atoms with E-state index in [-0.39, 0.29) is 5.56 Å². The van der Waals surface area contributed by atoms with E-state index in [1.54, 1.807) is 4.68 Å². The Morgan fingerprint density at radius 2 is 2.24 bits per heavy atom. The maximum atomic E-state index is 12.1. The van der Waals surface area contributed by atoms with Crippen molar-refractivity contribution in [1.29, 1.82) is 5.26 Å². The van der Waals surface area contributed by atoms with Crippen LogP contribution in [0.5, 0.6) is 0 Å². The van der Waals surface area contributed by atoms with Crippen molar-refractivity contribution in [3.63, 3.8) is 0 Å². The predicted molar refractivity (Wildman–Crippen MR) is 79.5 cm³/mol. The molecule has 21 heavy (non-hydrogen) atoms. The molecule has 0 saturated heterocycles. The Hall–Kier alpha value is -2.72. The number of rotatable bonds is 2. The molecule has 0 atom stereocenters. The minimum atomic E-state index is -0.460. The highest BCUT2D eigenvalue weighted by Gasteiger charge is 2.16. The van der Waals surface area contributed by atoms with Crippen LogP contribution >= 0.6 is 11.3 Å². The van der Waals surface area contributed by atoms with E-state index in [0.29, 0.717) is 11.6 Å². The largest absolute Gasteiger partial charge is 0.290 e. The second kappa shape index (κ2) is 5.00. The third-order valence-electron chi connectivity index (χ3n) is 2.98. The smallest absolute Gasteiger partial charge is 0.270 e. The number of hydrogen-bond acceptors (Lipinski definition) is 5. The molecule has 0 fully saturated rings. The first kappa shape index (κ1) is 13.3. The van der Waals surface area contributed by atoms with Crippen molar-refractivity contribution in [2.75, 3.05) is 0 Å². The lowest BCUT2D eigenvalue weighted by molar-refractivity contribution is 0.769. The molecule has 3 heterocycles. The fraction of sp³-hybridized carbons (Fsp3) is 0.143. The number of hydrogen-bond donors (Lipinski definition) is 1. The van der Waals surface area contributed by atoms with E-state index < -0.39 is 5.56 Å². The van der Waals surface area contributed by atoms with Crippen LogP contribution in [0.1, 0.15) is 17.0 Å². The molecule has 0 aliphatic heterocycles. The van der Waals surface area contributed by atoms with Gasteiger partial charge in [0.1, 0.15) is 17.3 Å². The van der Waals surface area contributed by atoms with Crippen molar-refractivity contribution >= 4 is 11.3 Å². The fourth-order valence-corrected chi connectivity index (χ4v) is 2.82. The molecule has 3 aromatic heterocycles. The molecule has 6 nitrogen and oxygen atoms in total. The van der Waals surface area contributed by atoms with E-state index in [4.69, 9.17) is 0 Å². The summed E-state index contributed by atoms with van der Waals surface area (Å²) in [4.78, 5) is 19.9. The molecular formula is C14H11N5OS. The maximum absolute atomic E-state index is 12.1. The SMILES string of the molecule is Cc1cc(C)n(-c2nc(-c3cccs3)c(C#N)c(=O)[nH]2)n1. The zero-order valence-electron chi connectivity index (χ0n) is 11.4. The molecule has 7 heteroatoms. The monoisotopic (exact) mass is 297 g/mol. The number of nitrogens with zero attached hydrogens (tertiary/aromatic N) is 4. The molecule has 3 rings (SSSR count). The molecular weight excluding hydrogens is 286 g/mol. The summed E-state index contributed by atoms with van der Waals surface area (Å²) in [5.41, 5.74) is 1.63. The molecule has 0 aliphatic rings. The molecule has 0 aliphatic carbocycles. The predicted octanol–water partition coefficient (Wildman–Crippen LogP) is 2.17. The lowest BCUT2D eigenvalue weighted by Gasteiger charge is -2.06. The van der Waals surface area contributed by atoms with Gasteiger partial charge in [-0.1, -0.05) is 6.07 Å². The van der Waals surface area contributed by atoms with Gasteiger partial charge in [0.25, 0.3) is 5.56 Å². The highest BCUT2D eigenvalue weighted by molar-refractivity contribution is 7.13. The number of aryl methyl sites for hydroxylation is 2. The second-order valence-electron chi connectivity index (χ2n) is 4.54. The summed E-state index contributed by atoms with van der Waals surface area (Å²) >= 11 is 1.43.